The van der Waals surface area contributed by atoms with Crippen molar-refractivity contribution in [3.8, 4) is 0 Å². The summed E-state index contributed by atoms with van der Waals surface area (Å²) >= 11 is 0. The maximum absolute atomic E-state index is 11.7. The summed E-state index contributed by atoms with van der Waals surface area (Å²) in [5.41, 5.74) is -3.11. The van der Waals surface area contributed by atoms with Crippen LogP contribution in [0.4, 0.5) is 4.79 Å². The second-order valence-electron chi connectivity index (χ2n) is 6.28. The molecule has 6 nitrogen and oxygen atoms in total. The molecule has 1 fully saturated rings. The van der Waals surface area contributed by atoms with Crippen LogP contribution in [0.15, 0.2) is 0 Å². The van der Waals surface area contributed by atoms with E-state index >= 15 is 0 Å². The predicted molar refractivity (Wildman–Crippen MR) is 64.1 cm³/mol. The number of aliphatic carboxylic acids is 1. The van der Waals surface area contributed by atoms with Crippen LogP contribution >= 0.6 is 0 Å². The number of alkyl carbamates (subject to hydrolysis) is 1. The number of ether oxygens (including phenoxy) is 1. The number of aliphatic hydroxyl groups is 1. The molecule has 0 bridgehead atoms. The van der Waals surface area contributed by atoms with Gasteiger partial charge in [0.25, 0.3) is 0 Å². The van der Waals surface area contributed by atoms with Gasteiger partial charge in [0.1, 0.15) is 5.60 Å². The van der Waals surface area contributed by atoms with Crippen LogP contribution in [0.3, 0.4) is 0 Å². The van der Waals surface area contributed by atoms with Crippen LogP contribution in [0.1, 0.15) is 41.0 Å². The lowest BCUT2D eigenvalue weighted by Gasteiger charge is -2.56. The molecule has 3 N–H and O–H groups in total. The van der Waals surface area contributed by atoms with Gasteiger partial charge in [-0.05, 0) is 20.8 Å². The summed E-state index contributed by atoms with van der Waals surface area (Å²) in [5.74, 6) is -1.16. The van der Waals surface area contributed by atoms with E-state index in [4.69, 9.17) is 4.74 Å². The van der Waals surface area contributed by atoms with Crippen LogP contribution in [0.2, 0.25) is 0 Å². The molecule has 6 heteroatoms. The van der Waals surface area contributed by atoms with Gasteiger partial charge in [0.05, 0.1) is 6.10 Å². The number of rotatable bonds is 2. The van der Waals surface area contributed by atoms with E-state index in [0.29, 0.717) is 0 Å². The van der Waals surface area contributed by atoms with Crippen molar-refractivity contribution in [3.05, 3.63) is 0 Å². The van der Waals surface area contributed by atoms with Gasteiger partial charge in [-0.15, -0.1) is 0 Å². The topological polar surface area (TPSA) is 95.9 Å². The van der Waals surface area contributed by atoms with Crippen LogP contribution in [0.25, 0.3) is 0 Å². The van der Waals surface area contributed by atoms with Gasteiger partial charge in [0, 0.05) is 11.8 Å². The molecule has 1 amide bonds. The molecule has 0 heterocycles. The number of carboxylic acids is 1. The average molecular weight is 259 g/mol. The molecule has 1 aliphatic rings. The van der Waals surface area contributed by atoms with E-state index in [-0.39, 0.29) is 6.42 Å². The first-order valence-electron chi connectivity index (χ1n) is 5.85. The lowest BCUT2D eigenvalue weighted by molar-refractivity contribution is -0.181. The number of amides is 1. The Labute approximate surface area is 106 Å². The SMILES string of the molecule is CC(C)(C)OC(=O)N[C@]1(C(=O)O)C[C@H](O)C1(C)C. The third-order valence-electron chi connectivity index (χ3n) is 3.51. The number of hydrogen-bond acceptors (Lipinski definition) is 4. The Kier molecular flexibility index (Phi) is 3.38. The molecule has 104 valence electrons. The molecule has 18 heavy (non-hydrogen) atoms. The molecule has 1 rings (SSSR count). The van der Waals surface area contributed by atoms with Crippen molar-refractivity contribution < 1.29 is 24.5 Å². The highest BCUT2D eigenvalue weighted by molar-refractivity contribution is 5.87. The minimum absolute atomic E-state index is 0.0193. The van der Waals surface area contributed by atoms with Crippen molar-refractivity contribution in [2.24, 2.45) is 5.41 Å². The molecule has 0 aromatic rings. The number of nitrogens with one attached hydrogen (secondary N) is 1. The van der Waals surface area contributed by atoms with Gasteiger partial charge in [0.15, 0.2) is 5.54 Å². The predicted octanol–water partition coefficient (Wildman–Crippen LogP) is 1.13. The maximum atomic E-state index is 11.7. The van der Waals surface area contributed by atoms with Gasteiger partial charge in [-0.25, -0.2) is 9.59 Å². The Morgan fingerprint density at radius 3 is 2.11 bits per heavy atom. The molecule has 1 saturated carbocycles. The number of carboxylic acid groups (broad SMARTS) is 1. The molecule has 2 atom stereocenters. The normalized spacial score (nSPS) is 30.2. The zero-order chi connectivity index (χ0) is 14.4. The van der Waals surface area contributed by atoms with E-state index in [0.717, 1.165) is 0 Å². The minimum atomic E-state index is -1.48. The van der Waals surface area contributed by atoms with Crippen LogP contribution in [-0.4, -0.2) is 39.5 Å². The molecule has 0 aromatic carbocycles. The van der Waals surface area contributed by atoms with E-state index in [9.17, 15) is 19.8 Å². The zero-order valence-corrected chi connectivity index (χ0v) is 11.4. The smallest absolute Gasteiger partial charge is 0.408 e. The summed E-state index contributed by atoms with van der Waals surface area (Å²) in [4.78, 5) is 23.1. The van der Waals surface area contributed by atoms with Crippen molar-refractivity contribution in [1.29, 1.82) is 0 Å². The Balaban J connectivity index is 2.85. The van der Waals surface area contributed by atoms with Crippen LogP contribution in [0.5, 0.6) is 0 Å². The van der Waals surface area contributed by atoms with Crippen molar-refractivity contribution in [1.82, 2.24) is 5.32 Å². The van der Waals surface area contributed by atoms with Gasteiger partial charge >= 0.3 is 12.1 Å². The van der Waals surface area contributed by atoms with E-state index < -0.39 is 34.7 Å². The molecule has 0 radical (unpaired) electrons. The van der Waals surface area contributed by atoms with Crippen molar-refractivity contribution in [2.45, 2.75) is 58.3 Å². The Hall–Kier alpha value is -1.30. The standard InChI is InChI=1S/C12H21NO5/c1-10(2,3)18-9(17)13-12(8(15)16)6-7(14)11(12,4)5/h7,14H,6H2,1-5H3,(H,13,17)(H,15,16)/t7-,12-/m0/s1. The van der Waals surface area contributed by atoms with Gasteiger partial charge in [-0.1, -0.05) is 13.8 Å². The van der Waals surface area contributed by atoms with E-state index in [1.54, 1.807) is 34.6 Å². The fraction of sp³-hybridized carbons (Fsp3) is 0.833. The van der Waals surface area contributed by atoms with Crippen molar-refractivity contribution in [2.75, 3.05) is 0 Å². The maximum Gasteiger partial charge on any atom is 0.408 e. The van der Waals surface area contributed by atoms with Crippen molar-refractivity contribution >= 4 is 12.1 Å². The molecular formula is C12H21NO5. The third kappa shape index (κ3) is 2.29. The molecule has 0 unspecified atom stereocenters. The molecule has 0 spiro atoms. The van der Waals surface area contributed by atoms with E-state index in [1.165, 1.54) is 0 Å². The molecule has 0 aromatic heterocycles. The lowest BCUT2D eigenvalue weighted by atomic mass is 9.54. The van der Waals surface area contributed by atoms with E-state index in [1.807, 2.05) is 0 Å². The number of carbonyl (C=O) groups is 2. The average Bonchev–Trinajstić information content (AvgIpc) is 2.13. The molecule has 0 saturated heterocycles. The van der Waals surface area contributed by atoms with Crippen LogP contribution < -0.4 is 5.32 Å². The summed E-state index contributed by atoms with van der Waals surface area (Å²) in [6.45, 7) is 8.29. The summed E-state index contributed by atoms with van der Waals surface area (Å²) < 4.78 is 5.05. The monoisotopic (exact) mass is 259 g/mol. The molecular weight excluding hydrogens is 238 g/mol. The number of aliphatic hydroxyl groups excluding tert-OH is 1. The quantitative estimate of drug-likeness (QED) is 0.690. The van der Waals surface area contributed by atoms with E-state index in [2.05, 4.69) is 5.32 Å². The second-order valence-corrected chi connectivity index (χ2v) is 6.28. The molecule has 1 aliphatic carbocycles. The lowest BCUT2D eigenvalue weighted by Crippen LogP contribution is -2.75. The highest BCUT2D eigenvalue weighted by Gasteiger charge is 2.66. The van der Waals surface area contributed by atoms with Crippen LogP contribution in [0, 0.1) is 5.41 Å². The molecule has 0 aliphatic heterocycles. The first-order chi connectivity index (χ1) is 7.92. The highest BCUT2D eigenvalue weighted by atomic mass is 16.6. The Morgan fingerprint density at radius 1 is 1.33 bits per heavy atom. The van der Waals surface area contributed by atoms with Gasteiger partial charge < -0.3 is 20.3 Å². The fourth-order valence-electron chi connectivity index (χ4n) is 2.07. The Morgan fingerprint density at radius 2 is 1.83 bits per heavy atom. The first-order valence-corrected chi connectivity index (χ1v) is 5.85. The third-order valence-corrected chi connectivity index (χ3v) is 3.51. The number of carbonyl (C=O) groups excluding carboxylic acids is 1. The summed E-state index contributed by atoms with van der Waals surface area (Å²) in [7, 11) is 0. The minimum Gasteiger partial charge on any atom is -0.479 e. The summed E-state index contributed by atoms with van der Waals surface area (Å²) in [6, 6.07) is 0. The van der Waals surface area contributed by atoms with Gasteiger partial charge in [-0.2, -0.15) is 0 Å². The highest BCUT2D eigenvalue weighted by Crippen LogP contribution is 2.49. The summed E-state index contributed by atoms with van der Waals surface area (Å²) in [6.07, 6.45) is -1.57. The number of hydrogen-bond donors (Lipinski definition) is 3. The second kappa shape index (κ2) is 4.12. The largest absolute Gasteiger partial charge is 0.479 e. The van der Waals surface area contributed by atoms with Gasteiger partial charge in [0.2, 0.25) is 0 Å². The Bertz CT molecular complexity index is 371. The summed E-state index contributed by atoms with van der Waals surface area (Å²) in [5, 5.41) is 21.3. The van der Waals surface area contributed by atoms with Crippen LogP contribution in [-0.2, 0) is 9.53 Å². The van der Waals surface area contributed by atoms with Gasteiger partial charge in [-0.3, -0.25) is 0 Å². The zero-order valence-electron chi connectivity index (χ0n) is 11.4. The first kappa shape index (κ1) is 14.8. The fourth-order valence-corrected chi connectivity index (χ4v) is 2.07. The van der Waals surface area contributed by atoms with Crippen molar-refractivity contribution in [3.63, 3.8) is 0 Å².